The first kappa shape index (κ1) is 17.5. The Morgan fingerprint density at radius 2 is 2.09 bits per heavy atom. The van der Waals surface area contributed by atoms with Gasteiger partial charge in [0, 0.05) is 19.0 Å². The molecule has 23 heavy (non-hydrogen) atoms. The number of amides is 2. The standard InChI is InChI=1S/C17H27N3O3/c1-2-3-4-5-6-7-17(22)20(12-14-8-9-14)13-16(21)18-15-10-11-23-19-15/h10-11,14H,2-9,12-13H2,1H3,(H,18,19,21). The van der Waals surface area contributed by atoms with Crippen LogP contribution in [0.25, 0.3) is 0 Å². The molecule has 1 aromatic rings. The summed E-state index contributed by atoms with van der Waals surface area (Å²) in [7, 11) is 0. The number of hydrogen-bond acceptors (Lipinski definition) is 4. The molecule has 1 N–H and O–H groups in total. The lowest BCUT2D eigenvalue weighted by Crippen LogP contribution is -2.39. The Bertz CT molecular complexity index is 483. The fraction of sp³-hybridized carbons (Fsp3) is 0.706. The average molecular weight is 321 g/mol. The van der Waals surface area contributed by atoms with Crippen molar-refractivity contribution in [3.63, 3.8) is 0 Å². The van der Waals surface area contributed by atoms with E-state index in [1.165, 1.54) is 25.5 Å². The van der Waals surface area contributed by atoms with Crippen LogP contribution in [0.15, 0.2) is 16.9 Å². The maximum Gasteiger partial charge on any atom is 0.245 e. The molecule has 2 amide bonds. The Morgan fingerprint density at radius 1 is 1.30 bits per heavy atom. The summed E-state index contributed by atoms with van der Waals surface area (Å²) in [6.45, 7) is 2.97. The molecule has 1 saturated carbocycles. The molecule has 1 heterocycles. The molecule has 0 aliphatic heterocycles. The van der Waals surface area contributed by atoms with Crippen LogP contribution in [0.1, 0.15) is 58.3 Å². The minimum atomic E-state index is -0.223. The topological polar surface area (TPSA) is 75.4 Å². The molecule has 1 aromatic heterocycles. The van der Waals surface area contributed by atoms with Crippen molar-refractivity contribution in [2.45, 2.75) is 58.3 Å². The van der Waals surface area contributed by atoms with Crippen LogP contribution in [0.5, 0.6) is 0 Å². The summed E-state index contributed by atoms with van der Waals surface area (Å²) >= 11 is 0. The van der Waals surface area contributed by atoms with Crippen LogP contribution in [0.3, 0.4) is 0 Å². The summed E-state index contributed by atoms with van der Waals surface area (Å²) in [5, 5.41) is 6.30. The zero-order valence-corrected chi connectivity index (χ0v) is 13.9. The molecule has 0 unspecified atom stereocenters. The predicted molar refractivity (Wildman–Crippen MR) is 87.8 cm³/mol. The monoisotopic (exact) mass is 321 g/mol. The molecule has 6 nitrogen and oxygen atoms in total. The lowest BCUT2D eigenvalue weighted by Gasteiger charge is -2.22. The fourth-order valence-electron chi connectivity index (χ4n) is 2.54. The van der Waals surface area contributed by atoms with Gasteiger partial charge in [0.05, 0.1) is 6.54 Å². The normalized spacial score (nSPS) is 13.8. The maximum absolute atomic E-state index is 12.4. The quantitative estimate of drug-likeness (QED) is 0.635. The average Bonchev–Trinajstić information content (AvgIpc) is 3.20. The van der Waals surface area contributed by atoms with Gasteiger partial charge in [0.15, 0.2) is 5.82 Å². The Labute approximate surface area is 137 Å². The number of nitrogens with zero attached hydrogens (tertiary/aromatic N) is 2. The van der Waals surface area contributed by atoms with Crippen LogP contribution in [-0.2, 0) is 9.59 Å². The number of hydrogen-bond donors (Lipinski definition) is 1. The summed E-state index contributed by atoms with van der Waals surface area (Å²) in [5.74, 6) is 0.815. The van der Waals surface area contributed by atoms with Crippen LogP contribution < -0.4 is 5.32 Å². The molecule has 1 aliphatic rings. The molecule has 0 atom stereocenters. The lowest BCUT2D eigenvalue weighted by atomic mass is 10.1. The largest absolute Gasteiger partial charge is 0.363 e. The third-order valence-electron chi connectivity index (χ3n) is 4.06. The van der Waals surface area contributed by atoms with E-state index < -0.39 is 0 Å². The smallest absolute Gasteiger partial charge is 0.245 e. The van der Waals surface area contributed by atoms with Crippen molar-refractivity contribution in [1.82, 2.24) is 10.1 Å². The minimum Gasteiger partial charge on any atom is -0.363 e. The zero-order chi connectivity index (χ0) is 16.5. The van der Waals surface area contributed by atoms with Gasteiger partial charge < -0.3 is 14.7 Å². The molecule has 0 bridgehead atoms. The molecule has 0 radical (unpaired) electrons. The van der Waals surface area contributed by atoms with Crippen LogP contribution in [0.2, 0.25) is 0 Å². The molecule has 0 spiro atoms. The van der Waals surface area contributed by atoms with Crippen LogP contribution in [-0.4, -0.2) is 35.0 Å². The van der Waals surface area contributed by atoms with Crippen LogP contribution in [0, 0.1) is 5.92 Å². The molecule has 6 heteroatoms. The number of nitrogens with one attached hydrogen (secondary N) is 1. The number of carbonyl (C=O) groups excluding carboxylic acids is 2. The fourth-order valence-corrected chi connectivity index (χ4v) is 2.54. The highest BCUT2D eigenvalue weighted by Crippen LogP contribution is 2.30. The van der Waals surface area contributed by atoms with Crippen molar-refractivity contribution in [2.24, 2.45) is 5.92 Å². The van der Waals surface area contributed by atoms with Gasteiger partial charge in [0.2, 0.25) is 11.8 Å². The van der Waals surface area contributed by atoms with Gasteiger partial charge in [0.25, 0.3) is 0 Å². The summed E-state index contributed by atoms with van der Waals surface area (Å²) in [6, 6.07) is 1.58. The molecule has 1 fully saturated rings. The first-order valence-corrected chi connectivity index (χ1v) is 8.67. The van der Waals surface area contributed by atoms with E-state index in [1.54, 1.807) is 11.0 Å². The van der Waals surface area contributed by atoms with Crippen molar-refractivity contribution in [3.05, 3.63) is 12.3 Å². The van der Waals surface area contributed by atoms with E-state index in [4.69, 9.17) is 0 Å². The molecule has 1 aliphatic carbocycles. The summed E-state index contributed by atoms with van der Waals surface area (Å²) in [5.41, 5.74) is 0. The predicted octanol–water partition coefficient (Wildman–Crippen LogP) is 3.21. The van der Waals surface area contributed by atoms with E-state index in [9.17, 15) is 9.59 Å². The highest BCUT2D eigenvalue weighted by molar-refractivity contribution is 5.93. The Hall–Kier alpha value is -1.85. The van der Waals surface area contributed by atoms with Gasteiger partial charge in [-0.3, -0.25) is 9.59 Å². The van der Waals surface area contributed by atoms with Crippen molar-refractivity contribution in [2.75, 3.05) is 18.4 Å². The number of aromatic nitrogens is 1. The molecule has 2 rings (SSSR count). The van der Waals surface area contributed by atoms with Crippen molar-refractivity contribution in [1.29, 1.82) is 0 Å². The maximum atomic E-state index is 12.4. The van der Waals surface area contributed by atoms with Crippen LogP contribution in [0.4, 0.5) is 5.82 Å². The van der Waals surface area contributed by atoms with E-state index in [1.807, 2.05) is 0 Å². The number of unbranched alkanes of at least 4 members (excludes halogenated alkanes) is 4. The van der Waals surface area contributed by atoms with Crippen molar-refractivity contribution >= 4 is 17.6 Å². The third kappa shape index (κ3) is 6.84. The van der Waals surface area contributed by atoms with Gasteiger partial charge in [0.1, 0.15) is 6.26 Å². The molecular weight excluding hydrogens is 294 g/mol. The molecule has 128 valence electrons. The van der Waals surface area contributed by atoms with Crippen LogP contribution >= 0.6 is 0 Å². The highest BCUT2D eigenvalue weighted by atomic mass is 16.5. The van der Waals surface area contributed by atoms with Gasteiger partial charge in [-0.15, -0.1) is 0 Å². The second kappa shape index (κ2) is 9.33. The molecule has 0 saturated heterocycles. The first-order chi connectivity index (χ1) is 11.2. The SMILES string of the molecule is CCCCCCCC(=O)N(CC(=O)Nc1ccon1)CC1CC1. The second-order valence-electron chi connectivity index (χ2n) is 6.31. The number of rotatable bonds is 11. The van der Waals surface area contributed by atoms with Gasteiger partial charge in [-0.1, -0.05) is 37.8 Å². The van der Waals surface area contributed by atoms with Gasteiger partial charge in [-0.2, -0.15) is 0 Å². The van der Waals surface area contributed by atoms with Crippen molar-refractivity contribution < 1.29 is 14.1 Å². The molecular formula is C17H27N3O3. The number of carbonyl (C=O) groups is 2. The second-order valence-corrected chi connectivity index (χ2v) is 6.31. The first-order valence-electron chi connectivity index (χ1n) is 8.67. The van der Waals surface area contributed by atoms with E-state index in [2.05, 4.69) is 21.9 Å². The number of anilines is 1. The van der Waals surface area contributed by atoms with Gasteiger partial charge >= 0.3 is 0 Å². The lowest BCUT2D eigenvalue weighted by molar-refractivity contribution is -0.135. The zero-order valence-electron chi connectivity index (χ0n) is 13.9. The summed E-state index contributed by atoms with van der Waals surface area (Å²) in [6.07, 6.45) is 9.85. The minimum absolute atomic E-state index is 0.0868. The Balaban J connectivity index is 1.75. The molecule has 0 aromatic carbocycles. The van der Waals surface area contributed by atoms with E-state index >= 15 is 0 Å². The Kier molecular flexibility index (Phi) is 7.10. The summed E-state index contributed by atoms with van der Waals surface area (Å²) in [4.78, 5) is 26.1. The van der Waals surface area contributed by atoms with E-state index in [0.717, 1.165) is 25.7 Å². The van der Waals surface area contributed by atoms with Gasteiger partial charge in [-0.05, 0) is 25.2 Å². The third-order valence-corrected chi connectivity index (χ3v) is 4.06. The van der Waals surface area contributed by atoms with Gasteiger partial charge in [-0.25, -0.2) is 0 Å². The van der Waals surface area contributed by atoms with E-state index in [-0.39, 0.29) is 18.4 Å². The Morgan fingerprint density at radius 3 is 2.74 bits per heavy atom. The summed E-state index contributed by atoms with van der Waals surface area (Å²) < 4.78 is 4.68. The van der Waals surface area contributed by atoms with Crippen molar-refractivity contribution in [3.8, 4) is 0 Å². The van der Waals surface area contributed by atoms with E-state index in [0.29, 0.717) is 24.7 Å². The highest BCUT2D eigenvalue weighted by Gasteiger charge is 2.27.